The molecule has 0 spiro atoms. The van der Waals surface area contributed by atoms with E-state index in [4.69, 9.17) is 0 Å². The standard InChI is InChI=1S/C15H23N3O2/c1-11(12-8-6-5-7-9-12)16-10-13(19)17-14(20)18-15(2,3)4/h5-9,11,16H,10H2,1-4H3,(H2,17,18,19,20)/p+1/t11-/m1/s1. The van der Waals surface area contributed by atoms with E-state index in [2.05, 4.69) is 10.6 Å². The highest BCUT2D eigenvalue weighted by atomic mass is 16.2. The van der Waals surface area contributed by atoms with E-state index in [0.29, 0.717) is 0 Å². The van der Waals surface area contributed by atoms with Crippen LogP contribution >= 0.6 is 0 Å². The van der Waals surface area contributed by atoms with E-state index in [1.807, 2.05) is 63.3 Å². The molecule has 0 saturated carbocycles. The molecular formula is C15H24N3O2+. The maximum absolute atomic E-state index is 11.7. The molecule has 1 aromatic rings. The van der Waals surface area contributed by atoms with Crippen molar-refractivity contribution in [2.75, 3.05) is 6.54 Å². The molecular weight excluding hydrogens is 254 g/mol. The van der Waals surface area contributed by atoms with Crippen LogP contribution < -0.4 is 16.0 Å². The van der Waals surface area contributed by atoms with Gasteiger partial charge in [-0.25, -0.2) is 4.79 Å². The summed E-state index contributed by atoms with van der Waals surface area (Å²) in [4.78, 5) is 23.2. The van der Waals surface area contributed by atoms with Crippen LogP contribution in [0, 0.1) is 0 Å². The highest BCUT2D eigenvalue weighted by Crippen LogP contribution is 2.05. The highest BCUT2D eigenvalue weighted by molar-refractivity contribution is 5.94. The molecule has 0 aliphatic carbocycles. The van der Waals surface area contributed by atoms with Crippen LogP contribution in [0.5, 0.6) is 0 Å². The van der Waals surface area contributed by atoms with Gasteiger partial charge in [-0.3, -0.25) is 10.1 Å². The third-order valence-electron chi connectivity index (χ3n) is 2.72. The monoisotopic (exact) mass is 278 g/mol. The van der Waals surface area contributed by atoms with Crippen LogP contribution in [0.3, 0.4) is 0 Å². The second-order valence-electron chi connectivity index (χ2n) is 5.89. The molecule has 0 aliphatic rings. The molecule has 0 saturated heterocycles. The predicted octanol–water partition coefficient (Wildman–Crippen LogP) is 0.935. The Labute approximate surface area is 120 Å². The SMILES string of the molecule is C[C@@H]([NH2+]CC(=O)NC(=O)NC(C)(C)C)c1ccccc1. The number of hydrogen-bond acceptors (Lipinski definition) is 2. The maximum Gasteiger partial charge on any atom is 0.322 e. The molecule has 1 aromatic carbocycles. The van der Waals surface area contributed by atoms with Crippen LogP contribution in [0.2, 0.25) is 0 Å². The summed E-state index contributed by atoms with van der Waals surface area (Å²) in [7, 11) is 0. The molecule has 0 bridgehead atoms. The van der Waals surface area contributed by atoms with Crippen molar-refractivity contribution in [2.45, 2.75) is 39.3 Å². The molecule has 5 nitrogen and oxygen atoms in total. The molecule has 0 aromatic heterocycles. The topological polar surface area (TPSA) is 74.8 Å². The zero-order chi connectivity index (χ0) is 15.2. The number of urea groups is 1. The molecule has 110 valence electrons. The van der Waals surface area contributed by atoms with Crippen LogP contribution in [0.25, 0.3) is 0 Å². The van der Waals surface area contributed by atoms with Crippen molar-refractivity contribution in [3.8, 4) is 0 Å². The van der Waals surface area contributed by atoms with Crippen LogP contribution in [0.1, 0.15) is 39.3 Å². The minimum absolute atomic E-state index is 0.174. The van der Waals surface area contributed by atoms with Gasteiger partial charge in [-0.1, -0.05) is 30.3 Å². The summed E-state index contributed by atoms with van der Waals surface area (Å²) in [5.41, 5.74) is 0.797. The Morgan fingerprint density at radius 2 is 1.80 bits per heavy atom. The van der Waals surface area contributed by atoms with Crippen molar-refractivity contribution in [1.29, 1.82) is 0 Å². The van der Waals surface area contributed by atoms with Crippen molar-refractivity contribution in [3.63, 3.8) is 0 Å². The van der Waals surface area contributed by atoms with Gasteiger partial charge < -0.3 is 10.6 Å². The Hall–Kier alpha value is -1.88. The lowest BCUT2D eigenvalue weighted by Crippen LogP contribution is -2.87. The van der Waals surface area contributed by atoms with Crippen molar-refractivity contribution in [2.24, 2.45) is 0 Å². The Balaban J connectivity index is 2.35. The number of nitrogens with two attached hydrogens (primary N) is 1. The molecule has 0 heterocycles. The third-order valence-corrected chi connectivity index (χ3v) is 2.72. The van der Waals surface area contributed by atoms with E-state index < -0.39 is 6.03 Å². The smallest absolute Gasteiger partial charge is 0.322 e. The first-order valence-electron chi connectivity index (χ1n) is 6.78. The quantitative estimate of drug-likeness (QED) is 0.766. The minimum Gasteiger partial charge on any atom is -0.333 e. The van der Waals surface area contributed by atoms with Gasteiger partial charge in [-0.15, -0.1) is 0 Å². The number of nitrogens with one attached hydrogen (secondary N) is 2. The van der Waals surface area contributed by atoms with Crippen LogP contribution in [0.4, 0.5) is 4.79 Å². The molecule has 3 amide bonds. The second kappa shape index (κ2) is 7.05. The average molecular weight is 278 g/mol. The first-order valence-corrected chi connectivity index (χ1v) is 6.78. The van der Waals surface area contributed by atoms with E-state index >= 15 is 0 Å². The van der Waals surface area contributed by atoms with E-state index in [1.54, 1.807) is 0 Å². The van der Waals surface area contributed by atoms with E-state index in [9.17, 15) is 9.59 Å². The summed E-state index contributed by atoms with van der Waals surface area (Å²) in [6, 6.07) is 9.65. The fourth-order valence-electron chi connectivity index (χ4n) is 1.73. The summed E-state index contributed by atoms with van der Waals surface area (Å²) < 4.78 is 0. The predicted molar refractivity (Wildman–Crippen MR) is 78.1 cm³/mol. The normalized spacial score (nSPS) is 12.6. The number of quaternary nitrogens is 1. The van der Waals surface area contributed by atoms with Gasteiger partial charge in [-0.2, -0.15) is 0 Å². The molecule has 4 N–H and O–H groups in total. The summed E-state index contributed by atoms with van der Waals surface area (Å²) in [5, 5.41) is 6.91. The van der Waals surface area contributed by atoms with E-state index in [-0.39, 0.29) is 24.0 Å². The van der Waals surface area contributed by atoms with Crippen LogP contribution in [0.15, 0.2) is 30.3 Å². The fraction of sp³-hybridized carbons (Fsp3) is 0.467. The molecule has 0 unspecified atom stereocenters. The summed E-state index contributed by atoms with van der Waals surface area (Å²) in [6.45, 7) is 7.83. The maximum atomic E-state index is 11.7. The number of carbonyl (C=O) groups excluding carboxylic acids is 2. The molecule has 1 atom stereocenters. The summed E-state index contributed by atoms with van der Waals surface area (Å²) in [6.07, 6.45) is 0. The lowest BCUT2D eigenvalue weighted by Gasteiger charge is -2.20. The van der Waals surface area contributed by atoms with Gasteiger partial charge in [0.15, 0.2) is 6.54 Å². The number of benzene rings is 1. The lowest BCUT2D eigenvalue weighted by atomic mass is 10.1. The molecule has 20 heavy (non-hydrogen) atoms. The van der Waals surface area contributed by atoms with Gasteiger partial charge in [0.25, 0.3) is 5.91 Å². The Morgan fingerprint density at radius 1 is 1.20 bits per heavy atom. The van der Waals surface area contributed by atoms with Crippen molar-refractivity contribution in [3.05, 3.63) is 35.9 Å². The third kappa shape index (κ3) is 6.33. The number of imide groups is 1. The second-order valence-corrected chi connectivity index (χ2v) is 5.89. The number of carbonyl (C=O) groups is 2. The average Bonchev–Trinajstić information content (AvgIpc) is 2.34. The first-order chi connectivity index (χ1) is 9.28. The van der Waals surface area contributed by atoms with Gasteiger partial charge >= 0.3 is 6.03 Å². The number of amides is 3. The Kier molecular flexibility index (Phi) is 5.70. The van der Waals surface area contributed by atoms with Crippen molar-refractivity contribution < 1.29 is 14.9 Å². The fourth-order valence-corrected chi connectivity index (χ4v) is 1.73. The Bertz CT molecular complexity index is 452. The first kappa shape index (κ1) is 16.2. The largest absolute Gasteiger partial charge is 0.333 e. The summed E-state index contributed by atoms with van der Waals surface area (Å²) in [5.74, 6) is -0.297. The molecule has 0 fully saturated rings. The van der Waals surface area contributed by atoms with Crippen molar-refractivity contribution >= 4 is 11.9 Å². The highest BCUT2D eigenvalue weighted by Gasteiger charge is 2.17. The van der Waals surface area contributed by atoms with Gasteiger partial charge in [-0.05, 0) is 27.7 Å². The number of rotatable bonds is 4. The molecule has 0 radical (unpaired) electrons. The van der Waals surface area contributed by atoms with Gasteiger partial charge in [0.1, 0.15) is 6.04 Å². The molecule has 0 aliphatic heterocycles. The van der Waals surface area contributed by atoms with Gasteiger partial charge in [0.05, 0.1) is 0 Å². The zero-order valence-electron chi connectivity index (χ0n) is 12.6. The van der Waals surface area contributed by atoms with Gasteiger partial charge in [0, 0.05) is 11.1 Å². The molecule has 5 heteroatoms. The summed E-state index contributed by atoms with van der Waals surface area (Å²) >= 11 is 0. The Morgan fingerprint density at radius 3 is 2.35 bits per heavy atom. The zero-order valence-corrected chi connectivity index (χ0v) is 12.6. The minimum atomic E-state index is -0.455. The van der Waals surface area contributed by atoms with E-state index in [1.165, 1.54) is 0 Å². The van der Waals surface area contributed by atoms with Gasteiger partial charge in [0.2, 0.25) is 0 Å². The van der Waals surface area contributed by atoms with E-state index in [0.717, 1.165) is 5.56 Å². The molecule has 1 rings (SSSR count). The lowest BCUT2D eigenvalue weighted by molar-refractivity contribution is -0.682. The van der Waals surface area contributed by atoms with Crippen molar-refractivity contribution in [1.82, 2.24) is 10.6 Å². The van der Waals surface area contributed by atoms with Crippen LogP contribution in [-0.2, 0) is 4.79 Å². The number of hydrogen-bond donors (Lipinski definition) is 3. The van der Waals surface area contributed by atoms with Crippen LogP contribution in [-0.4, -0.2) is 24.0 Å².